The molecule has 0 atom stereocenters. The van der Waals surface area contributed by atoms with Crippen molar-refractivity contribution in [3.05, 3.63) is 30.1 Å². The molecule has 0 fully saturated rings. The van der Waals surface area contributed by atoms with E-state index in [0.29, 0.717) is 0 Å². The van der Waals surface area contributed by atoms with E-state index in [9.17, 15) is 0 Å². The third-order valence-corrected chi connectivity index (χ3v) is 2.51. The van der Waals surface area contributed by atoms with E-state index in [4.69, 9.17) is 4.74 Å². The Morgan fingerprint density at radius 2 is 2.13 bits per heavy atom. The second-order valence-electron chi connectivity index (χ2n) is 3.50. The minimum atomic E-state index is 0.748. The molecule has 0 aliphatic heterocycles. The fraction of sp³-hybridized carbons (Fsp3) is 0.417. The molecule has 0 saturated heterocycles. The number of aryl methyl sites for hydroxylation is 1. The fourth-order valence-corrected chi connectivity index (χ4v) is 1.78. The summed E-state index contributed by atoms with van der Waals surface area (Å²) in [5.74, 6) is 1.05. The maximum Gasteiger partial charge on any atom is 0.106 e. The molecule has 3 nitrogen and oxygen atoms in total. The van der Waals surface area contributed by atoms with Crippen LogP contribution in [0.25, 0.3) is 11.0 Å². The van der Waals surface area contributed by atoms with Crippen LogP contribution in [0.15, 0.2) is 24.3 Å². The van der Waals surface area contributed by atoms with E-state index < -0.39 is 0 Å². The normalized spacial score (nSPS) is 11.1. The molecule has 1 heterocycles. The first-order valence-corrected chi connectivity index (χ1v) is 5.32. The van der Waals surface area contributed by atoms with Crippen molar-refractivity contribution in [2.75, 3.05) is 13.2 Å². The average molecular weight is 204 g/mol. The van der Waals surface area contributed by atoms with Crippen molar-refractivity contribution in [2.45, 2.75) is 20.4 Å². The Bertz CT molecular complexity index is 448. The van der Waals surface area contributed by atoms with Gasteiger partial charge in [0.05, 0.1) is 17.6 Å². The average Bonchev–Trinajstić information content (AvgIpc) is 2.56. The molecular formula is C12H16N2O. The van der Waals surface area contributed by atoms with Crippen LogP contribution in [-0.2, 0) is 11.3 Å². The largest absolute Gasteiger partial charge is 0.380 e. The maximum absolute atomic E-state index is 5.36. The van der Waals surface area contributed by atoms with Gasteiger partial charge in [-0.15, -0.1) is 0 Å². The summed E-state index contributed by atoms with van der Waals surface area (Å²) in [6.45, 7) is 6.44. The van der Waals surface area contributed by atoms with E-state index >= 15 is 0 Å². The molecule has 2 rings (SSSR count). The summed E-state index contributed by atoms with van der Waals surface area (Å²) in [5.41, 5.74) is 2.25. The fourth-order valence-electron chi connectivity index (χ4n) is 1.78. The molecule has 2 aromatic rings. The minimum Gasteiger partial charge on any atom is -0.380 e. The van der Waals surface area contributed by atoms with Crippen LogP contribution in [-0.4, -0.2) is 22.8 Å². The molecule has 1 aromatic heterocycles. The molecule has 0 aliphatic rings. The predicted octanol–water partition coefficient (Wildman–Crippen LogP) is 2.38. The summed E-state index contributed by atoms with van der Waals surface area (Å²) in [7, 11) is 0. The number of para-hydroxylation sites is 2. The molecular weight excluding hydrogens is 188 g/mol. The number of rotatable bonds is 4. The second-order valence-corrected chi connectivity index (χ2v) is 3.50. The van der Waals surface area contributed by atoms with E-state index in [1.165, 1.54) is 5.52 Å². The van der Waals surface area contributed by atoms with Crippen LogP contribution in [0.4, 0.5) is 0 Å². The lowest BCUT2D eigenvalue weighted by Gasteiger charge is -2.06. The summed E-state index contributed by atoms with van der Waals surface area (Å²) >= 11 is 0. The first kappa shape index (κ1) is 10.2. The lowest BCUT2D eigenvalue weighted by molar-refractivity contribution is 0.139. The minimum absolute atomic E-state index is 0.748. The monoisotopic (exact) mass is 204 g/mol. The molecule has 80 valence electrons. The third kappa shape index (κ3) is 2.02. The summed E-state index contributed by atoms with van der Waals surface area (Å²) in [5, 5.41) is 0. The van der Waals surface area contributed by atoms with E-state index in [1.807, 2.05) is 32.0 Å². The highest BCUT2D eigenvalue weighted by Crippen LogP contribution is 2.14. The zero-order chi connectivity index (χ0) is 10.7. The summed E-state index contributed by atoms with van der Waals surface area (Å²) in [6.07, 6.45) is 0. The first-order chi connectivity index (χ1) is 7.33. The molecule has 0 unspecified atom stereocenters. The Balaban J connectivity index is 2.28. The number of hydrogen-bond acceptors (Lipinski definition) is 2. The van der Waals surface area contributed by atoms with Crippen molar-refractivity contribution < 1.29 is 4.74 Å². The van der Waals surface area contributed by atoms with E-state index in [1.54, 1.807) is 0 Å². The van der Waals surface area contributed by atoms with Gasteiger partial charge in [0.1, 0.15) is 5.82 Å². The van der Waals surface area contributed by atoms with Crippen LogP contribution in [0.3, 0.4) is 0 Å². The quantitative estimate of drug-likeness (QED) is 0.715. The van der Waals surface area contributed by atoms with Crippen molar-refractivity contribution in [2.24, 2.45) is 0 Å². The third-order valence-electron chi connectivity index (χ3n) is 2.51. The standard InChI is InChI=1S/C12H16N2O/c1-3-15-9-8-14-10(2)13-11-6-4-5-7-12(11)14/h4-7H,3,8-9H2,1-2H3. The van der Waals surface area contributed by atoms with Crippen LogP contribution < -0.4 is 0 Å². The highest BCUT2D eigenvalue weighted by atomic mass is 16.5. The zero-order valence-electron chi connectivity index (χ0n) is 9.23. The maximum atomic E-state index is 5.36. The van der Waals surface area contributed by atoms with Crippen LogP contribution in [0.2, 0.25) is 0 Å². The Hall–Kier alpha value is -1.35. The van der Waals surface area contributed by atoms with Gasteiger partial charge in [0.15, 0.2) is 0 Å². The van der Waals surface area contributed by atoms with Crippen molar-refractivity contribution in [1.29, 1.82) is 0 Å². The summed E-state index contributed by atoms with van der Waals surface area (Å²) in [4.78, 5) is 4.50. The molecule has 0 N–H and O–H groups in total. The van der Waals surface area contributed by atoms with Gasteiger partial charge in [-0.05, 0) is 26.0 Å². The SMILES string of the molecule is CCOCCn1c(C)nc2ccccc21. The molecule has 0 spiro atoms. The topological polar surface area (TPSA) is 27.1 Å². The highest BCUT2D eigenvalue weighted by molar-refractivity contribution is 5.75. The molecule has 0 bridgehead atoms. The van der Waals surface area contributed by atoms with Crippen molar-refractivity contribution in [3.63, 3.8) is 0 Å². The highest BCUT2D eigenvalue weighted by Gasteiger charge is 2.05. The number of fused-ring (bicyclic) bond motifs is 1. The number of ether oxygens (including phenoxy) is 1. The molecule has 15 heavy (non-hydrogen) atoms. The van der Waals surface area contributed by atoms with Crippen LogP contribution in [0, 0.1) is 6.92 Å². The number of imidazole rings is 1. The molecule has 0 saturated carbocycles. The van der Waals surface area contributed by atoms with Gasteiger partial charge in [0.25, 0.3) is 0 Å². The zero-order valence-corrected chi connectivity index (χ0v) is 9.23. The lowest BCUT2D eigenvalue weighted by atomic mass is 10.3. The molecule has 0 radical (unpaired) electrons. The summed E-state index contributed by atoms with van der Waals surface area (Å²) in [6, 6.07) is 8.20. The Morgan fingerprint density at radius 1 is 1.33 bits per heavy atom. The first-order valence-electron chi connectivity index (χ1n) is 5.32. The van der Waals surface area contributed by atoms with Gasteiger partial charge in [-0.25, -0.2) is 4.98 Å². The van der Waals surface area contributed by atoms with Crippen LogP contribution in [0.1, 0.15) is 12.7 Å². The molecule has 0 aliphatic carbocycles. The molecule has 0 amide bonds. The van der Waals surface area contributed by atoms with E-state index in [-0.39, 0.29) is 0 Å². The number of aromatic nitrogens is 2. The van der Waals surface area contributed by atoms with Crippen LogP contribution in [0.5, 0.6) is 0 Å². The second kappa shape index (κ2) is 4.45. The predicted molar refractivity (Wildman–Crippen MR) is 61.0 cm³/mol. The Kier molecular flexibility index (Phi) is 3.02. The Labute approximate surface area is 89.7 Å². The van der Waals surface area contributed by atoms with Gasteiger partial charge in [-0.1, -0.05) is 12.1 Å². The van der Waals surface area contributed by atoms with Gasteiger partial charge in [-0.3, -0.25) is 0 Å². The number of hydrogen-bond donors (Lipinski definition) is 0. The summed E-state index contributed by atoms with van der Waals surface area (Å²) < 4.78 is 7.56. The van der Waals surface area contributed by atoms with E-state index in [2.05, 4.69) is 15.6 Å². The van der Waals surface area contributed by atoms with E-state index in [0.717, 1.165) is 31.1 Å². The number of benzene rings is 1. The van der Waals surface area contributed by atoms with Gasteiger partial charge in [-0.2, -0.15) is 0 Å². The lowest BCUT2D eigenvalue weighted by Crippen LogP contribution is -2.07. The van der Waals surface area contributed by atoms with Gasteiger partial charge < -0.3 is 9.30 Å². The van der Waals surface area contributed by atoms with Gasteiger partial charge >= 0.3 is 0 Å². The van der Waals surface area contributed by atoms with Gasteiger partial charge in [0.2, 0.25) is 0 Å². The van der Waals surface area contributed by atoms with Crippen molar-refractivity contribution in [3.8, 4) is 0 Å². The Morgan fingerprint density at radius 3 is 2.93 bits per heavy atom. The van der Waals surface area contributed by atoms with Crippen molar-refractivity contribution >= 4 is 11.0 Å². The van der Waals surface area contributed by atoms with Gasteiger partial charge in [0, 0.05) is 13.2 Å². The smallest absolute Gasteiger partial charge is 0.106 e. The van der Waals surface area contributed by atoms with Crippen molar-refractivity contribution in [1.82, 2.24) is 9.55 Å². The number of nitrogens with zero attached hydrogens (tertiary/aromatic N) is 2. The van der Waals surface area contributed by atoms with Crippen LogP contribution >= 0.6 is 0 Å². The molecule has 1 aromatic carbocycles. The molecule has 3 heteroatoms.